The topological polar surface area (TPSA) is 72.8 Å². The van der Waals surface area contributed by atoms with E-state index in [1.54, 1.807) is 17.9 Å². The van der Waals surface area contributed by atoms with E-state index in [0.717, 1.165) is 25.7 Å². The van der Waals surface area contributed by atoms with Crippen LogP contribution in [0.25, 0.3) is 11.2 Å². The SMILES string of the molecule is CO[C@H]1CC[C@H](n2c(=O)[nH]c3cnc(Cl)nc32)CC1. The summed E-state index contributed by atoms with van der Waals surface area (Å²) in [4.78, 5) is 22.9. The third-order valence-electron chi connectivity index (χ3n) is 3.77. The molecule has 0 bridgehead atoms. The van der Waals surface area contributed by atoms with Gasteiger partial charge < -0.3 is 9.72 Å². The molecule has 1 N–H and O–H groups in total. The summed E-state index contributed by atoms with van der Waals surface area (Å²) < 4.78 is 7.05. The van der Waals surface area contributed by atoms with Gasteiger partial charge in [0.05, 0.1) is 12.3 Å². The number of halogens is 1. The number of ether oxygens (including phenoxy) is 1. The number of aromatic nitrogens is 4. The molecule has 0 atom stereocenters. The molecule has 0 aromatic carbocycles. The van der Waals surface area contributed by atoms with Crippen LogP contribution in [0.15, 0.2) is 11.0 Å². The summed E-state index contributed by atoms with van der Waals surface area (Å²) in [6.45, 7) is 0. The van der Waals surface area contributed by atoms with E-state index in [0.29, 0.717) is 17.3 Å². The average molecular weight is 283 g/mol. The van der Waals surface area contributed by atoms with Crippen molar-refractivity contribution in [3.63, 3.8) is 0 Å². The first-order chi connectivity index (χ1) is 9.19. The second-order valence-corrected chi connectivity index (χ2v) is 5.18. The molecule has 7 heteroatoms. The Hall–Kier alpha value is -1.40. The van der Waals surface area contributed by atoms with E-state index in [2.05, 4.69) is 15.0 Å². The molecule has 0 unspecified atom stereocenters. The number of nitrogens with one attached hydrogen (secondary N) is 1. The largest absolute Gasteiger partial charge is 0.381 e. The van der Waals surface area contributed by atoms with Gasteiger partial charge in [-0.2, -0.15) is 4.98 Å². The molecule has 1 aliphatic carbocycles. The summed E-state index contributed by atoms with van der Waals surface area (Å²) in [5.74, 6) is 0. The first-order valence-electron chi connectivity index (χ1n) is 6.34. The molecular formula is C12H15ClN4O2. The normalized spacial score (nSPS) is 23.9. The highest BCUT2D eigenvalue weighted by molar-refractivity contribution is 6.28. The lowest BCUT2D eigenvalue weighted by Gasteiger charge is -2.28. The maximum Gasteiger partial charge on any atom is 0.327 e. The van der Waals surface area contributed by atoms with Crippen molar-refractivity contribution in [2.45, 2.75) is 37.8 Å². The number of methoxy groups -OCH3 is 1. The molecule has 0 amide bonds. The molecular weight excluding hydrogens is 268 g/mol. The van der Waals surface area contributed by atoms with Gasteiger partial charge in [-0.05, 0) is 37.3 Å². The van der Waals surface area contributed by atoms with Crippen molar-refractivity contribution in [2.24, 2.45) is 0 Å². The second kappa shape index (κ2) is 4.94. The van der Waals surface area contributed by atoms with Crippen LogP contribution >= 0.6 is 11.6 Å². The van der Waals surface area contributed by atoms with E-state index in [1.807, 2.05) is 0 Å². The minimum atomic E-state index is -0.146. The number of H-pyrrole nitrogens is 1. The van der Waals surface area contributed by atoms with Gasteiger partial charge in [-0.3, -0.25) is 4.57 Å². The maximum absolute atomic E-state index is 12.1. The fourth-order valence-corrected chi connectivity index (χ4v) is 2.90. The van der Waals surface area contributed by atoms with Crippen LogP contribution in [0, 0.1) is 0 Å². The lowest BCUT2D eigenvalue weighted by Crippen LogP contribution is -2.28. The van der Waals surface area contributed by atoms with Gasteiger partial charge in [-0.15, -0.1) is 0 Å². The Morgan fingerprint density at radius 2 is 2.16 bits per heavy atom. The monoisotopic (exact) mass is 282 g/mol. The van der Waals surface area contributed by atoms with Crippen LogP contribution in [0.4, 0.5) is 0 Å². The standard InChI is InChI=1S/C12H15ClN4O2/c1-19-8-4-2-7(3-5-8)17-10-9(15-12(17)18)6-14-11(13)16-10/h6-8H,2-5H2,1H3,(H,15,18)/t7-,8-. The van der Waals surface area contributed by atoms with E-state index >= 15 is 0 Å². The van der Waals surface area contributed by atoms with Crippen LogP contribution in [0.5, 0.6) is 0 Å². The second-order valence-electron chi connectivity index (χ2n) is 4.84. The van der Waals surface area contributed by atoms with E-state index < -0.39 is 0 Å². The van der Waals surface area contributed by atoms with Gasteiger partial charge in [-0.25, -0.2) is 9.78 Å². The Labute approximate surface area is 114 Å². The van der Waals surface area contributed by atoms with E-state index in [4.69, 9.17) is 16.3 Å². The Morgan fingerprint density at radius 3 is 2.84 bits per heavy atom. The third kappa shape index (κ3) is 2.26. The summed E-state index contributed by atoms with van der Waals surface area (Å²) in [5, 5.41) is 0.158. The van der Waals surface area contributed by atoms with Gasteiger partial charge in [0.2, 0.25) is 5.28 Å². The van der Waals surface area contributed by atoms with Crippen molar-refractivity contribution >= 4 is 22.8 Å². The van der Waals surface area contributed by atoms with Crippen LogP contribution in [0.3, 0.4) is 0 Å². The van der Waals surface area contributed by atoms with Crippen LogP contribution in [-0.4, -0.2) is 32.7 Å². The minimum Gasteiger partial charge on any atom is -0.381 e. The number of fused-ring (bicyclic) bond motifs is 1. The van der Waals surface area contributed by atoms with E-state index in [1.165, 1.54) is 0 Å². The summed E-state index contributed by atoms with van der Waals surface area (Å²) in [6, 6.07) is 0.151. The molecule has 19 heavy (non-hydrogen) atoms. The maximum atomic E-state index is 12.1. The van der Waals surface area contributed by atoms with Crippen molar-refractivity contribution in [1.29, 1.82) is 0 Å². The quantitative estimate of drug-likeness (QED) is 0.854. The summed E-state index contributed by atoms with van der Waals surface area (Å²) >= 11 is 5.81. The number of imidazole rings is 1. The van der Waals surface area contributed by atoms with Gasteiger partial charge in [0.25, 0.3) is 0 Å². The highest BCUT2D eigenvalue weighted by Crippen LogP contribution is 2.30. The van der Waals surface area contributed by atoms with Gasteiger partial charge >= 0.3 is 5.69 Å². The molecule has 1 aliphatic rings. The number of nitrogens with zero attached hydrogens (tertiary/aromatic N) is 3. The van der Waals surface area contributed by atoms with Crippen molar-refractivity contribution in [1.82, 2.24) is 19.5 Å². The smallest absolute Gasteiger partial charge is 0.327 e. The lowest BCUT2D eigenvalue weighted by atomic mass is 9.93. The zero-order valence-corrected chi connectivity index (χ0v) is 11.4. The van der Waals surface area contributed by atoms with Crippen molar-refractivity contribution in [2.75, 3.05) is 7.11 Å². The van der Waals surface area contributed by atoms with Crippen LogP contribution in [0.2, 0.25) is 5.28 Å². The molecule has 0 radical (unpaired) electrons. The fraction of sp³-hybridized carbons (Fsp3) is 0.583. The van der Waals surface area contributed by atoms with Crippen LogP contribution < -0.4 is 5.69 Å². The Kier molecular flexibility index (Phi) is 3.28. The Morgan fingerprint density at radius 1 is 1.42 bits per heavy atom. The first-order valence-corrected chi connectivity index (χ1v) is 6.72. The van der Waals surface area contributed by atoms with Crippen molar-refractivity contribution in [3.05, 3.63) is 22.0 Å². The molecule has 0 spiro atoms. The summed E-state index contributed by atoms with van der Waals surface area (Å²) in [7, 11) is 1.73. The van der Waals surface area contributed by atoms with Gasteiger partial charge in [0.1, 0.15) is 5.52 Å². The molecule has 6 nitrogen and oxygen atoms in total. The molecule has 1 saturated carbocycles. The van der Waals surface area contributed by atoms with Gasteiger partial charge in [0.15, 0.2) is 5.65 Å². The van der Waals surface area contributed by atoms with Crippen LogP contribution in [-0.2, 0) is 4.74 Å². The fourth-order valence-electron chi connectivity index (χ4n) is 2.77. The molecule has 0 aliphatic heterocycles. The minimum absolute atomic E-state index is 0.146. The highest BCUT2D eigenvalue weighted by atomic mass is 35.5. The molecule has 2 aromatic heterocycles. The number of rotatable bonds is 2. The summed E-state index contributed by atoms with van der Waals surface area (Å²) in [5.41, 5.74) is 1.07. The molecule has 0 saturated heterocycles. The van der Waals surface area contributed by atoms with Gasteiger partial charge in [-0.1, -0.05) is 0 Å². The molecule has 2 aromatic rings. The van der Waals surface area contributed by atoms with E-state index in [-0.39, 0.29) is 17.0 Å². The first kappa shape index (κ1) is 12.6. The van der Waals surface area contributed by atoms with Gasteiger partial charge in [0, 0.05) is 13.2 Å². The van der Waals surface area contributed by atoms with Crippen LogP contribution in [0.1, 0.15) is 31.7 Å². The number of hydrogen-bond donors (Lipinski definition) is 1. The highest BCUT2D eigenvalue weighted by Gasteiger charge is 2.25. The number of hydrogen-bond acceptors (Lipinski definition) is 4. The zero-order valence-electron chi connectivity index (χ0n) is 10.6. The zero-order chi connectivity index (χ0) is 13.4. The van der Waals surface area contributed by atoms with Crippen molar-refractivity contribution in [3.8, 4) is 0 Å². The Bertz CT molecular complexity index is 643. The third-order valence-corrected chi connectivity index (χ3v) is 3.95. The average Bonchev–Trinajstić information content (AvgIpc) is 2.74. The van der Waals surface area contributed by atoms with E-state index in [9.17, 15) is 4.79 Å². The predicted molar refractivity (Wildman–Crippen MR) is 71.5 cm³/mol. The molecule has 3 rings (SSSR count). The molecule has 1 fully saturated rings. The summed E-state index contributed by atoms with van der Waals surface area (Å²) in [6.07, 6.45) is 5.58. The Balaban J connectivity index is 1.98. The predicted octanol–water partition coefficient (Wildman–Crippen LogP) is 1.90. The molecule has 102 valence electrons. The number of aromatic amines is 1. The van der Waals surface area contributed by atoms with Crippen molar-refractivity contribution < 1.29 is 4.74 Å². The lowest BCUT2D eigenvalue weighted by molar-refractivity contribution is 0.0585. The molecule has 2 heterocycles.